The third kappa shape index (κ3) is 6.05. The molecule has 0 aliphatic rings. The summed E-state index contributed by atoms with van der Waals surface area (Å²) in [5, 5.41) is 8.86. The molecule has 0 aliphatic carbocycles. The fraction of sp³-hybridized carbons (Fsp3) is 0.421. The van der Waals surface area contributed by atoms with Crippen molar-refractivity contribution in [1.82, 2.24) is 10.6 Å². The van der Waals surface area contributed by atoms with E-state index in [-0.39, 0.29) is 29.4 Å². The van der Waals surface area contributed by atoms with Crippen molar-refractivity contribution in [3.63, 3.8) is 0 Å². The van der Waals surface area contributed by atoms with Crippen LogP contribution in [0, 0.1) is 0 Å². The fourth-order valence-corrected chi connectivity index (χ4v) is 3.30. The maximum Gasteiger partial charge on any atom is 0.191 e. The summed E-state index contributed by atoms with van der Waals surface area (Å²) in [5.41, 5.74) is 1.15. The third-order valence-electron chi connectivity index (χ3n) is 4.02. The lowest BCUT2D eigenvalue weighted by atomic mass is 9.91. The summed E-state index contributed by atoms with van der Waals surface area (Å²) in [4.78, 5) is 5.66. The standard InChI is InChI=1S/C19H27N3O2S.HI/c1-19(2,17-7-6-10-25-17)13-22-18(20-3)21-12-14-8-9-15(23-4)16(11-14)24-5;/h6-11H,12-13H2,1-5H3,(H2,20,21,22);1H. The molecule has 0 amide bonds. The molecule has 1 heterocycles. The van der Waals surface area contributed by atoms with Gasteiger partial charge in [-0.3, -0.25) is 4.99 Å². The Morgan fingerprint density at radius 3 is 2.42 bits per heavy atom. The normalized spacial score (nSPS) is 11.5. The summed E-state index contributed by atoms with van der Waals surface area (Å²) in [6, 6.07) is 10.1. The Labute approximate surface area is 177 Å². The quantitative estimate of drug-likeness (QED) is 0.351. The Kier molecular flexibility index (Phi) is 9.21. The van der Waals surface area contributed by atoms with Gasteiger partial charge in [-0.15, -0.1) is 35.3 Å². The van der Waals surface area contributed by atoms with Crippen molar-refractivity contribution < 1.29 is 9.47 Å². The van der Waals surface area contributed by atoms with E-state index in [9.17, 15) is 0 Å². The van der Waals surface area contributed by atoms with Crippen molar-refractivity contribution in [3.05, 3.63) is 46.2 Å². The highest BCUT2D eigenvalue weighted by Gasteiger charge is 2.21. The van der Waals surface area contributed by atoms with Crippen LogP contribution >= 0.6 is 35.3 Å². The van der Waals surface area contributed by atoms with E-state index in [1.165, 1.54) is 4.88 Å². The minimum absolute atomic E-state index is 0. The molecule has 2 N–H and O–H groups in total. The number of benzene rings is 1. The van der Waals surface area contributed by atoms with E-state index in [0.717, 1.165) is 29.6 Å². The largest absolute Gasteiger partial charge is 0.493 e. The second-order valence-electron chi connectivity index (χ2n) is 6.33. The van der Waals surface area contributed by atoms with Gasteiger partial charge in [0.05, 0.1) is 14.2 Å². The minimum Gasteiger partial charge on any atom is -0.493 e. The molecule has 0 aliphatic heterocycles. The Hall–Kier alpha value is -1.48. The topological polar surface area (TPSA) is 54.9 Å². The predicted molar refractivity (Wildman–Crippen MR) is 121 cm³/mol. The molecular weight excluding hydrogens is 461 g/mol. The van der Waals surface area contributed by atoms with Crippen LogP contribution in [0.25, 0.3) is 0 Å². The monoisotopic (exact) mass is 489 g/mol. The van der Waals surface area contributed by atoms with Gasteiger partial charge in [-0.05, 0) is 29.1 Å². The molecule has 1 aromatic heterocycles. The molecule has 7 heteroatoms. The number of hydrogen-bond acceptors (Lipinski definition) is 4. The molecule has 1 aromatic carbocycles. The number of ether oxygens (including phenoxy) is 2. The summed E-state index contributed by atoms with van der Waals surface area (Å²) in [6.45, 7) is 5.92. The van der Waals surface area contributed by atoms with Crippen LogP contribution in [0.1, 0.15) is 24.3 Å². The summed E-state index contributed by atoms with van der Waals surface area (Å²) in [5.74, 6) is 2.23. The summed E-state index contributed by atoms with van der Waals surface area (Å²) in [7, 11) is 5.06. The molecule has 0 spiro atoms. The molecule has 0 fully saturated rings. The van der Waals surface area contributed by atoms with Crippen LogP contribution in [-0.4, -0.2) is 33.8 Å². The Balaban J connectivity index is 0.00000338. The zero-order valence-corrected chi connectivity index (χ0v) is 19.1. The van der Waals surface area contributed by atoms with Crippen LogP contribution in [0.5, 0.6) is 11.5 Å². The van der Waals surface area contributed by atoms with Crippen LogP contribution in [0.2, 0.25) is 0 Å². The van der Waals surface area contributed by atoms with Gasteiger partial charge in [-0.1, -0.05) is 26.0 Å². The average molecular weight is 489 g/mol. The molecule has 0 atom stereocenters. The lowest BCUT2D eigenvalue weighted by Crippen LogP contribution is -2.42. The number of nitrogens with zero attached hydrogens (tertiary/aromatic N) is 1. The number of aliphatic imine (C=N–C) groups is 1. The van der Waals surface area contributed by atoms with E-state index in [1.807, 2.05) is 18.2 Å². The Morgan fingerprint density at radius 2 is 1.85 bits per heavy atom. The summed E-state index contributed by atoms with van der Waals surface area (Å²) in [6.07, 6.45) is 0. The SMILES string of the molecule is CN=C(NCc1ccc(OC)c(OC)c1)NCC(C)(C)c1cccs1.I. The van der Waals surface area contributed by atoms with Gasteiger partial charge < -0.3 is 20.1 Å². The molecule has 5 nitrogen and oxygen atoms in total. The number of methoxy groups -OCH3 is 2. The van der Waals surface area contributed by atoms with Gasteiger partial charge in [0.15, 0.2) is 17.5 Å². The van der Waals surface area contributed by atoms with Crippen LogP contribution < -0.4 is 20.1 Å². The first-order chi connectivity index (χ1) is 12.0. The highest BCUT2D eigenvalue weighted by atomic mass is 127. The molecular formula is C19H28IN3O2S. The molecule has 2 aromatic rings. The molecule has 0 radical (unpaired) electrons. The van der Waals surface area contributed by atoms with Gasteiger partial charge in [-0.25, -0.2) is 0 Å². The molecule has 0 bridgehead atoms. The van der Waals surface area contributed by atoms with Gasteiger partial charge >= 0.3 is 0 Å². The second kappa shape index (κ2) is 10.6. The molecule has 26 heavy (non-hydrogen) atoms. The van der Waals surface area contributed by atoms with E-state index in [1.54, 1.807) is 32.6 Å². The molecule has 0 saturated carbocycles. The van der Waals surface area contributed by atoms with Crippen molar-refractivity contribution in [2.45, 2.75) is 25.8 Å². The maximum atomic E-state index is 5.35. The van der Waals surface area contributed by atoms with Crippen molar-refractivity contribution in [1.29, 1.82) is 0 Å². The number of guanidine groups is 1. The first-order valence-electron chi connectivity index (χ1n) is 8.19. The highest BCUT2D eigenvalue weighted by molar-refractivity contribution is 14.0. The van der Waals surface area contributed by atoms with Gasteiger partial charge in [-0.2, -0.15) is 0 Å². The van der Waals surface area contributed by atoms with Crippen molar-refractivity contribution >= 4 is 41.3 Å². The third-order valence-corrected chi connectivity index (χ3v) is 5.25. The van der Waals surface area contributed by atoms with Crippen LogP contribution in [0.15, 0.2) is 40.7 Å². The van der Waals surface area contributed by atoms with Crippen LogP contribution in [0.4, 0.5) is 0 Å². The molecule has 144 valence electrons. The lowest BCUT2D eigenvalue weighted by Gasteiger charge is -2.25. The predicted octanol–water partition coefficient (Wildman–Crippen LogP) is 4.03. The van der Waals surface area contributed by atoms with E-state index >= 15 is 0 Å². The second-order valence-corrected chi connectivity index (χ2v) is 7.28. The van der Waals surface area contributed by atoms with Gasteiger partial charge in [0.25, 0.3) is 0 Å². The number of halogens is 1. The highest BCUT2D eigenvalue weighted by Crippen LogP contribution is 2.28. The van der Waals surface area contributed by atoms with Gasteiger partial charge in [0, 0.05) is 30.4 Å². The van der Waals surface area contributed by atoms with E-state index in [2.05, 4.69) is 47.0 Å². The first-order valence-corrected chi connectivity index (χ1v) is 9.07. The van der Waals surface area contributed by atoms with E-state index in [4.69, 9.17) is 9.47 Å². The number of nitrogens with one attached hydrogen (secondary N) is 2. The zero-order chi connectivity index (χ0) is 18.3. The lowest BCUT2D eigenvalue weighted by molar-refractivity contribution is 0.354. The van der Waals surface area contributed by atoms with Gasteiger partial charge in [0.2, 0.25) is 0 Å². The van der Waals surface area contributed by atoms with Gasteiger partial charge in [0.1, 0.15) is 0 Å². The summed E-state index contributed by atoms with van der Waals surface area (Å²) >= 11 is 1.78. The number of rotatable bonds is 7. The molecule has 0 unspecified atom stereocenters. The van der Waals surface area contributed by atoms with E-state index < -0.39 is 0 Å². The first kappa shape index (κ1) is 22.6. The average Bonchev–Trinajstić information content (AvgIpc) is 3.17. The van der Waals surface area contributed by atoms with Crippen LogP contribution in [0.3, 0.4) is 0 Å². The Morgan fingerprint density at radius 1 is 1.12 bits per heavy atom. The molecule has 0 saturated heterocycles. The number of hydrogen-bond donors (Lipinski definition) is 2. The Bertz CT molecular complexity index is 703. The fourth-order valence-electron chi connectivity index (χ4n) is 2.45. The smallest absolute Gasteiger partial charge is 0.191 e. The zero-order valence-electron chi connectivity index (χ0n) is 16.0. The van der Waals surface area contributed by atoms with Crippen LogP contribution in [-0.2, 0) is 12.0 Å². The summed E-state index contributed by atoms with van der Waals surface area (Å²) < 4.78 is 10.6. The van der Waals surface area contributed by atoms with Crippen molar-refractivity contribution in [3.8, 4) is 11.5 Å². The van der Waals surface area contributed by atoms with E-state index in [0.29, 0.717) is 6.54 Å². The minimum atomic E-state index is 0. The van der Waals surface area contributed by atoms with Crippen molar-refractivity contribution in [2.24, 2.45) is 4.99 Å². The molecule has 2 rings (SSSR count). The number of thiophene rings is 1. The van der Waals surface area contributed by atoms with Crippen molar-refractivity contribution in [2.75, 3.05) is 27.8 Å². The maximum absolute atomic E-state index is 5.35.